The maximum atomic E-state index is 8.78. The molecular formula is C19H18N6O3. The Hall–Kier alpha value is -3.48. The second-order valence-corrected chi connectivity index (χ2v) is 6.10. The summed E-state index contributed by atoms with van der Waals surface area (Å²) in [6.07, 6.45) is 2.86. The predicted molar refractivity (Wildman–Crippen MR) is 100 cm³/mol. The van der Waals surface area contributed by atoms with Crippen LogP contribution < -0.4 is 15.4 Å². The Morgan fingerprint density at radius 3 is 2.96 bits per heavy atom. The molecule has 1 aliphatic heterocycles. The average Bonchev–Trinajstić information content (AvgIpc) is 3.22. The number of aromatic nitrogens is 3. The normalized spacial score (nSPS) is 16.3. The summed E-state index contributed by atoms with van der Waals surface area (Å²) in [5.41, 5.74) is 1.03. The van der Waals surface area contributed by atoms with E-state index in [0.29, 0.717) is 36.4 Å². The second-order valence-electron chi connectivity index (χ2n) is 6.10. The van der Waals surface area contributed by atoms with Gasteiger partial charge in [0.2, 0.25) is 0 Å². The second kappa shape index (κ2) is 8.47. The Labute approximate surface area is 161 Å². The summed E-state index contributed by atoms with van der Waals surface area (Å²) in [4.78, 5) is 8.06. The van der Waals surface area contributed by atoms with E-state index in [2.05, 4.69) is 25.8 Å². The molecule has 28 heavy (non-hydrogen) atoms. The fourth-order valence-electron chi connectivity index (χ4n) is 2.75. The number of morpholine rings is 1. The Kier molecular flexibility index (Phi) is 5.42. The molecule has 0 spiro atoms. The van der Waals surface area contributed by atoms with Crippen LogP contribution in [0.2, 0.25) is 0 Å². The van der Waals surface area contributed by atoms with Gasteiger partial charge in [0.15, 0.2) is 17.3 Å². The molecule has 3 heterocycles. The molecule has 0 radical (unpaired) electrons. The zero-order chi connectivity index (χ0) is 19.2. The zero-order valence-electron chi connectivity index (χ0n) is 15.0. The largest absolute Gasteiger partial charge is 0.490 e. The minimum absolute atomic E-state index is 0.0173. The topological polar surface area (TPSA) is 118 Å². The first kappa shape index (κ1) is 17.9. The number of nitrogens with zero attached hydrogens (tertiary/aromatic N) is 4. The summed E-state index contributed by atoms with van der Waals surface area (Å²) < 4.78 is 17.1. The van der Waals surface area contributed by atoms with E-state index in [9.17, 15) is 0 Å². The van der Waals surface area contributed by atoms with E-state index in [0.717, 1.165) is 18.7 Å². The van der Waals surface area contributed by atoms with Crippen molar-refractivity contribution in [3.8, 4) is 23.1 Å². The van der Waals surface area contributed by atoms with Crippen molar-refractivity contribution in [2.24, 2.45) is 0 Å². The van der Waals surface area contributed by atoms with Gasteiger partial charge in [-0.25, -0.2) is 9.97 Å². The van der Waals surface area contributed by atoms with Crippen molar-refractivity contribution in [1.29, 1.82) is 5.26 Å². The van der Waals surface area contributed by atoms with Crippen molar-refractivity contribution in [1.82, 2.24) is 20.4 Å². The van der Waals surface area contributed by atoms with E-state index < -0.39 is 0 Å². The van der Waals surface area contributed by atoms with E-state index in [1.165, 1.54) is 12.4 Å². The van der Waals surface area contributed by atoms with E-state index in [1.807, 2.05) is 30.3 Å². The molecule has 142 valence electrons. The van der Waals surface area contributed by atoms with Gasteiger partial charge < -0.3 is 24.6 Å². The molecule has 0 amide bonds. The highest BCUT2D eigenvalue weighted by molar-refractivity contribution is 5.68. The third-order valence-corrected chi connectivity index (χ3v) is 4.11. The number of hydrogen-bond donors (Lipinski definition) is 2. The lowest BCUT2D eigenvalue weighted by Gasteiger charge is -2.24. The first-order valence-corrected chi connectivity index (χ1v) is 8.82. The molecule has 3 aromatic rings. The maximum Gasteiger partial charge on any atom is 0.175 e. The molecule has 1 fully saturated rings. The Balaban J connectivity index is 1.46. The van der Waals surface area contributed by atoms with Crippen molar-refractivity contribution in [3.05, 3.63) is 48.4 Å². The van der Waals surface area contributed by atoms with Gasteiger partial charge in [0.1, 0.15) is 30.3 Å². The molecule has 2 N–H and O–H groups in total. The first-order valence-electron chi connectivity index (χ1n) is 8.82. The number of nitriles is 1. The van der Waals surface area contributed by atoms with Crippen LogP contribution in [0.25, 0.3) is 11.3 Å². The van der Waals surface area contributed by atoms with Gasteiger partial charge in [-0.1, -0.05) is 17.3 Å². The number of hydrogen-bond acceptors (Lipinski definition) is 9. The quantitative estimate of drug-likeness (QED) is 0.665. The van der Waals surface area contributed by atoms with Gasteiger partial charge >= 0.3 is 0 Å². The van der Waals surface area contributed by atoms with Crippen molar-refractivity contribution in [2.45, 2.75) is 6.10 Å². The molecule has 4 rings (SSSR count). The van der Waals surface area contributed by atoms with Crippen LogP contribution in [-0.2, 0) is 4.74 Å². The van der Waals surface area contributed by atoms with Crippen LogP contribution in [0.1, 0.15) is 5.69 Å². The Bertz CT molecular complexity index is 960. The van der Waals surface area contributed by atoms with Crippen LogP contribution in [0.5, 0.6) is 5.75 Å². The third-order valence-electron chi connectivity index (χ3n) is 4.11. The van der Waals surface area contributed by atoms with Crippen molar-refractivity contribution in [3.63, 3.8) is 0 Å². The molecular weight excluding hydrogens is 360 g/mol. The van der Waals surface area contributed by atoms with Crippen molar-refractivity contribution >= 4 is 11.6 Å². The number of anilines is 2. The molecule has 9 nitrogen and oxygen atoms in total. The van der Waals surface area contributed by atoms with Crippen LogP contribution in [0, 0.1) is 11.3 Å². The standard InChI is InChI=1S/C19H18N6O3/c20-8-13-9-23-19(11-22-13)24-18-7-17(28-25-18)15-3-1-2-4-16(15)27-12-14-10-21-5-6-26-14/h1-4,7,9,11,14,21H,5-6,10,12H2,(H,23,24,25). The molecule has 1 aliphatic rings. The summed E-state index contributed by atoms with van der Waals surface area (Å²) in [5, 5.41) is 19.1. The molecule has 2 aromatic heterocycles. The maximum absolute atomic E-state index is 8.78. The summed E-state index contributed by atoms with van der Waals surface area (Å²) in [6.45, 7) is 2.77. The number of rotatable bonds is 6. The molecule has 1 atom stereocenters. The highest BCUT2D eigenvalue weighted by atomic mass is 16.5. The highest BCUT2D eigenvalue weighted by Gasteiger charge is 2.17. The van der Waals surface area contributed by atoms with Gasteiger partial charge in [0, 0.05) is 19.2 Å². The van der Waals surface area contributed by atoms with E-state index in [-0.39, 0.29) is 11.8 Å². The highest BCUT2D eigenvalue weighted by Crippen LogP contribution is 2.32. The van der Waals surface area contributed by atoms with Crippen LogP contribution in [-0.4, -0.2) is 47.5 Å². The van der Waals surface area contributed by atoms with Crippen LogP contribution in [0.15, 0.2) is 47.2 Å². The van der Waals surface area contributed by atoms with Crippen molar-refractivity contribution in [2.75, 3.05) is 31.6 Å². The molecule has 0 saturated carbocycles. The van der Waals surface area contributed by atoms with Crippen LogP contribution in [0.4, 0.5) is 11.6 Å². The lowest BCUT2D eigenvalue weighted by atomic mass is 10.1. The fourth-order valence-corrected chi connectivity index (χ4v) is 2.75. The summed E-state index contributed by atoms with van der Waals surface area (Å²) in [7, 11) is 0. The van der Waals surface area contributed by atoms with Gasteiger partial charge in [0.25, 0.3) is 0 Å². The van der Waals surface area contributed by atoms with Gasteiger partial charge in [0.05, 0.1) is 24.6 Å². The smallest absolute Gasteiger partial charge is 0.175 e. The minimum Gasteiger partial charge on any atom is -0.490 e. The minimum atomic E-state index is 0.0173. The number of ether oxygens (including phenoxy) is 2. The fraction of sp³-hybridized carbons (Fsp3) is 0.263. The monoisotopic (exact) mass is 378 g/mol. The number of benzene rings is 1. The molecule has 9 heteroatoms. The first-order chi connectivity index (χ1) is 13.8. The lowest BCUT2D eigenvalue weighted by Crippen LogP contribution is -2.41. The van der Waals surface area contributed by atoms with Gasteiger partial charge in [-0.15, -0.1) is 0 Å². The van der Waals surface area contributed by atoms with Crippen molar-refractivity contribution < 1.29 is 14.0 Å². The Morgan fingerprint density at radius 1 is 1.25 bits per heavy atom. The molecule has 0 aliphatic carbocycles. The Morgan fingerprint density at radius 2 is 2.18 bits per heavy atom. The zero-order valence-corrected chi connectivity index (χ0v) is 15.0. The molecule has 1 unspecified atom stereocenters. The average molecular weight is 378 g/mol. The third kappa shape index (κ3) is 4.25. The number of para-hydroxylation sites is 1. The van der Waals surface area contributed by atoms with Gasteiger partial charge in [-0.2, -0.15) is 5.26 Å². The van der Waals surface area contributed by atoms with Crippen LogP contribution in [0.3, 0.4) is 0 Å². The van der Waals surface area contributed by atoms with E-state index >= 15 is 0 Å². The number of nitrogens with one attached hydrogen (secondary N) is 2. The van der Waals surface area contributed by atoms with Gasteiger partial charge in [-0.05, 0) is 12.1 Å². The summed E-state index contributed by atoms with van der Waals surface area (Å²) in [6, 6.07) is 11.3. The summed E-state index contributed by atoms with van der Waals surface area (Å²) in [5.74, 6) is 2.19. The molecule has 1 saturated heterocycles. The van der Waals surface area contributed by atoms with Gasteiger partial charge in [-0.3, -0.25) is 0 Å². The molecule has 0 bridgehead atoms. The van der Waals surface area contributed by atoms with E-state index in [4.69, 9.17) is 19.3 Å². The lowest BCUT2D eigenvalue weighted by molar-refractivity contribution is 0.000289. The predicted octanol–water partition coefficient (Wildman–Crippen LogP) is 2.11. The summed E-state index contributed by atoms with van der Waals surface area (Å²) >= 11 is 0. The molecule has 1 aromatic carbocycles. The van der Waals surface area contributed by atoms with E-state index in [1.54, 1.807) is 6.07 Å². The SMILES string of the molecule is N#Cc1cnc(Nc2cc(-c3ccccc3OCC3CNCCO3)on2)cn1. The van der Waals surface area contributed by atoms with Crippen LogP contribution >= 0.6 is 0 Å².